The number of hydrogen-bond acceptors (Lipinski definition) is 3. The number of carbonyl (C=O) groups excluding carboxylic acids is 2. The van der Waals surface area contributed by atoms with Gasteiger partial charge in [0.1, 0.15) is 5.60 Å². The van der Waals surface area contributed by atoms with Crippen LogP contribution >= 0.6 is 0 Å². The van der Waals surface area contributed by atoms with Gasteiger partial charge in [0.2, 0.25) is 5.91 Å². The van der Waals surface area contributed by atoms with E-state index in [0.717, 1.165) is 38.6 Å². The van der Waals surface area contributed by atoms with Crippen LogP contribution in [0.4, 0.5) is 4.79 Å². The van der Waals surface area contributed by atoms with Gasteiger partial charge in [-0.3, -0.25) is 4.79 Å². The third-order valence-corrected chi connectivity index (χ3v) is 5.30. The first-order valence-corrected chi connectivity index (χ1v) is 9.46. The molecule has 0 aromatic rings. The van der Waals surface area contributed by atoms with Crippen LogP contribution in [0, 0.1) is 11.3 Å². The Balaban J connectivity index is 1.92. The number of ether oxygens (including phenoxy) is 1. The van der Waals surface area contributed by atoms with Crippen LogP contribution < -0.4 is 10.6 Å². The molecule has 2 rings (SSSR count). The van der Waals surface area contributed by atoms with Crippen molar-refractivity contribution in [1.29, 1.82) is 0 Å². The summed E-state index contributed by atoms with van der Waals surface area (Å²) in [5.74, 6) is -0.0604. The van der Waals surface area contributed by atoms with Crippen molar-refractivity contribution in [1.82, 2.24) is 10.6 Å². The highest BCUT2D eigenvalue weighted by Gasteiger charge is 2.35. The summed E-state index contributed by atoms with van der Waals surface area (Å²) < 4.78 is 5.37. The lowest BCUT2D eigenvalue weighted by atomic mass is 9.70. The Morgan fingerprint density at radius 1 is 1.08 bits per heavy atom. The summed E-state index contributed by atoms with van der Waals surface area (Å²) in [6.45, 7) is 8.54. The van der Waals surface area contributed by atoms with Gasteiger partial charge in [-0.25, -0.2) is 4.79 Å². The van der Waals surface area contributed by atoms with Crippen LogP contribution in [0.25, 0.3) is 0 Å². The van der Waals surface area contributed by atoms with Crippen molar-refractivity contribution in [3.05, 3.63) is 0 Å². The molecule has 2 fully saturated rings. The van der Waals surface area contributed by atoms with Crippen LogP contribution in [-0.2, 0) is 9.53 Å². The van der Waals surface area contributed by atoms with Crippen molar-refractivity contribution < 1.29 is 14.3 Å². The predicted molar refractivity (Wildman–Crippen MR) is 94.7 cm³/mol. The Kier molecular flexibility index (Phi) is 6.16. The molecule has 0 aromatic carbocycles. The molecule has 0 spiro atoms. The number of carbonyl (C=O) groups is 2. The number of hydrogen-bond donors (Lipinski definition) is 2. The van der Waals surface area contributed by atoms with Crippen LogP contribution in [0.2, 0.25) is 0 Å². The Bertz CT molecular complexity index is 452. The van der Waals surface area contributed by atoms with E-state index >= 15 is 0 Å². The molecule has 138 valence electrons. The molecule has 5 heteroatoms. The molecule has 2 aliphatic carbocycles. The topological polar surface area (TPSA) is 67.4 Å². The number of nitrogens with one attached hydrogen (secondary N) is 2. The van der Waals surface area contributed by atoms with Crippen LogP contribution in [0.3, 0.4) is 0 Å². The van der Waals surface area contributed by atoms with Crippen molar-refractivity contribution in [2.24, 2.45) is 11.3 Å². The average molecular weight is 338 g/mol. The maximum Gasteiger partial charge on any atom is 0.407 e. The Morgan fingerprint density at radius 2 is 1.75 bits per heavy atom. The van der Waals surface area contributed by atoms with Crippen LogP contribution in [0.15, 0.2) is 0 Å². The predicted octanol–water partition coefficient (Wildman–Crippen LogP) is 3.77. The highest BCUT2D eigenvalue weighted by Crippen LogP contribution is 2.39. The Morgan fingerprint density at radius 3 is 2.33 bits per heavy atom. The standard InChI is InChI=1S/C19H34N2O3/c1-18(2,3)24-17(23)21-15-10-7-5-6-9-14(15)16(22)20-13-19(4)11-8-12-19/h14-15H,5-13H2,1-4H3,(H,20,22)(H,21,23)/t14-,15+/m1/s1. The molecule has 0 aromatic heterocycles. The molecule has 24 heavy (non-hydrogen) atoms. The summed E-state index contributed by atoms with van der Waals surface area (Å²) >= 11 is 0. The molecule has 2 saturated carbocycles. The summed E-state index contributed by atoms with van der Waals surface area (Å²) in [6, 6.07) is -0.128. The third-order valence-electron chi connectivity index (χ3n) is 5.30. The van der Waals surface area contributed by atoms with E-state index < -0.39 is 11.7 Å². The highest BCUT2D eigenvalue weighted by atomic mass is 16.6. The van der Waals surface area contributed by atoms with Gasteiger partial charge in [0, 0.05) is 12.6 Å². The first-order chi connectivity index (χ1) is 11.2. The summed E-state index contributed by atoms with van der Waals surface area (Å²) in [5.41, 5.74) is -0.250. The number of rotatable bonds is 4. The first-order valence-electron chi connectivity index (χ1n) is 9.46. The van der Waals surface area contributed by atoms with Crippen LogP contribution in [0.1, 0.15) is 79.1 Å². The van der Waals surface area contributed by atoms with E-state index in [1.807, 2.05) is 20.8 Å². The summed E-state index contributed by atoms with van der Waals surface area (Å²) in [7, 11) is 0. The smallest absolute Gasteiger partial charge is 0.407 e. The van der Waals surface area contributed by atoms with E-state index in [9.17, 15) is 9.59 Å². The molecule has 2 aliphatic rings. The van der Waals surface area contributed by atoms with Gasteiger partial charge in [-0.15, -0.1) is 0 Å². The molecule has 5 nitrogen and oxygen atoms in total. The maximum atomic E-state index is 12.7. The molecule has 0 heterocycles. The molecular weight excluding hydrogens is 304 g/mol. The zero-order chi connectivity index (χ0) is 17.8. The van der Waals surface area contributed by atoms with Gasteiger partial charge in [0.25, 0.3) is 0 Å². The molecule has 0 saturated heterocycles. The number of alkyl carbamates (subject to hydrolysis) is 1. The average Bonchev–Trinajstić information content (AvgIpc) is 2.66. The van der Waals surface area contributed by atoms with Gasteiger partial charge in [0.15, 0.2) is 0 Å². The Labute approximate surface area is 146 Å². The minimum absolute atomic E-state index is 0.0890. The third kappa shape index (κ3) is 5.67. The van der Waals surface area contributed by atoms with Crippen LogP contribution in [-0.4, -0.2) is 30.2 Å². The van der Waals surface area contributed by atoms with Gasteiger partial charge in [0.05, 0.1) is 5.92 Å². The molecule has 0 aliphatic heterocycles. The lowest BCUT2D eigenvalue weighted by Gasteiger charge is -2.39. The zero-order valence-electron chi connectivity index (χ0n) is 15.7. The van der Waals surface area contributed by atoms with Gasteiger partial charge in [-0.2, -0.15) is 0 Å². The van der Waals surface area contributed by atoms with Crippen molar-refractivity contribution in [3.63, 3.8) is 0 Å². The first kappa shape index (κ1) is 19.1. The fourth-order valence-corrected chi connectivity index (χ4v) is 3.64. The van der Waals surface area contributed by atoms with Gasteiger partial charge in [-0.05, 0) is 51.9 Å². The fraction of sp³-hybridized carbons (Fsp3) is 0.895. The molecular formula is C19H34N2O3. The maximum absolute atomic E-state index is 12.7. The monoisotopic (exact) mass is 338 g/mol. The van der Waals surface area contributed by atoms with Gasteiger partial charge in [-0.1, -0.05) is 32.6 Å². The molecule has 2 atom stereocenters. The minimum atomic E-state index is -0.522. The summed E-state index contributed by atoms with van der Waals surface area (Å²) in [6.07, 6.45) is 8.11. The highest BCUT2D eigenvalue weighted by molar-refractivity contribution is 5.80. The largest absolute Gasteiger partial charge is 0.444 e. The van der Waals surface area contributed by atoms with Crippen molar-refractivity contribution in [2.75, 3.05) is 6.54 Å². The van der Waals surface area contributed by atoms with E-state index in [0.29, 0.717) is 0 Å². The second-order valence-electron chi connectivity index (χ2n) is 8.88. The molecule has 0 unspecified atom stereocenters. The van der Waals surface area contributed by atoms with E-state index in [1.165, 1.54) is 19.3 Å². The number of amides is 2. The molecule has 2 amide bonds. The normalized spacial score (nSPS) is 26.7. The molecule has 2 N–H and O–H groups in total. The van der Waals surface area contributed by atoms with Crippen molar-refractivity contribution in [3.8, 4) is 0 Å². The van der Waals surface area contributed by atoms with E-state index in [1.54, 1.807) is 0 Å². The van der Waals surface area contributed by atoms with Crippen LogP contribution in [0.5, 0.6) is 0 Å². The Hall–Kier alpha value is -1.26. The van der Waals surface area contributed by atoms with E-state index in [2.05, 4.69) is 17.6 Å². The van der Waals surface area contributed by atoms with Crippen molar-refractivity contribution in [2.45, 2.75) is 90.7 Å². The van der Waals surface area contributed by atoms with Crippen molar-refractivity contribution >= 4 is 12.0 Å². The van der Waals surface area contributed by atoms with E-state index in [-0.39, 0.29) is 23.3 Å². The molecule has 0 radical (unpaired) electrons. The SMILES string of the molecule is CC1(CNC(=O)[C@@H]2CCCCC[C@@H]2NC(=O)OC(C)(C)C)CCC1. The minimum Gasteiger partial charge on any atom is -0.444 e. The van der Waals surface area contributed by atoms with Gasteiger partial charge < -0.3 is 15.4 Å². The van der Waals surface area contributed by atoms with E-state index in [4.69, 9.17) is 4.74 Å². The fourth-order valence-electron chi connectivity index (χ4n) is 3.64. The second kappa shape index (κ2) is 7.75. The molecule has 0 bridgehead atoms. The lowest BCUT2D eigenvalue weighted by Crippen LogP contribution is -2.49. The summed E-state index contributed by atoms with van der Waals surface area (Å²) in [4.78, 5) is 24.8. The zero-order valence-corrected chi connectivity index (χ0v) is 15.7. The van der Waals surface area contributed by atoms with Gasteiger partial charge >= 0.3 is 6.09 Å². The lowest BCUT2D eigenvalue weighted by molar-refractivity contribution is -0.126. The second-order valence-corrected chi connectivity index (χ2v) is 8.88. The quantitative estimate of drug-likeness (QED) is 0.767. The summed E-state index contributed by atoms with van der Waals surface area (Å²) in [5, 5.41) is 6.09.